The first kappa shape index (κ1) is 81.9. The molecular formula is C84H130Br2O9S4. The molecule has 0 atom stereocenters. The van der Waals surface area contributed by atoms with Crippen LogP contribution in [0.4, 0.5) is 0 Å². The Hall–Kier alpha value is -1.12. The number of benzene rings is 2. The SMILES string of the molecule is C1CCOC1.CCCCCCCCCCCCC1(c2c3cc(Br)sc3c(C3(CCCCCCCCCCCC)OCCO3)c3cc(Br)sc23)OCCO1.CCCCCCCCCCCCC1(c2c3ccsc3c(C3(CCCCCCCCCCCC)OCCO3)c3ccsc23)OCCO1. The minimum atomic E-state index is -0.721. The van der Waals surface area contributed by atoms with Gasteiger partial charge in [-0.3, -0.25) is 0 Å². The van der Waals surface area contributed by atoms with E-state index in [0.29, 0.717) is 52.9 Å². The van der Waals surface area contributed by atoms with E-state index in [1.54, 1.807) is 22.7 Å². The molecule has 9 heterocycles. The lowest BCUT2D eigenvalue weighted by Gasteiger charge is -2.33. The maximum Gasteiger partial charge on any atom is 0.197 e. The zero-order valence-corrected chi connectivity index (χ0v) is 68.6. The summed E-state index contributed by atoms with van der Waals surface area (Å²) < 4.78 is 65.4. The minimum absolute atomic E-state index is 0.634. The van der Waals surface area contributed by atoms with Crippen molar-refractivity contribution in [2.24, 2.45) is 0 Å². The lowest BCUT2D eigenvalue weighted by atomic mass is 9.88. The van der Waals surface area contributed by atoms with Gasteiger partial charge in [-0.25, -0.2) is 0 Å². The van der Waals surface area contributed by atoms with Crippen LogP contribution in [0.2, 0.25) is 0 Å². The maximum absolute atomic E-state index is 6.67. The van der Waals surface area contributed by atoms with Gasteiger partial charge in [-0.2, -0.15) is 0 Å². The van der Waals surface area contributed by atoms with Crippen molar-refractivity contribution in [3.05, 3.63) is 64.9 Å². The lowest BCUT2D eigenvalue weighted by Crippen LogP contribution is -2.30. The van der Waals surface area contributed by atoms with Gasteiger partial charge in [-0.1, -0.05) is 259 Å². The van der Waals surface area contributed by atoms with Crippen molar-refractivity contribution >= 4 is 118 Å². The second-order valence-electron chi connectivity index (χ2n) is 29.3. The summed E-state index contributed by atoms with van der Waals surface area (Å²) in [5, 5.41) is 9.47. The molecule has 4 aromatic heterocycles. The molecule has 15 heteroatoms. The number of hydrogen-bond donors (Lipinski definition) is 0. The van der Waals surface area contributed by atoms with E-state index in [-0.39, 0.29) is 0 Å². The van der Waals surface area contributed by atoms with Crippen molar-refractivity contribution in [3.8, 4) is 0 Å². The van der Waals surface area contributed by atoms with Crippen LogP contribution < -0.4 is 0 Å². The van der Waals surface area contributed by atoms with Crippen molar-refractivity contribution in [2.45, 2.75) is 346 Å². The summed E-state index contributed by atoms with van der Waals surface area (Å²) in [5.74, 6) is -2.77. The van der Waals surface area contributed by atoms with Crippen LogP contribution in [0.5, 0.6) is 0 Å². The zero-order chi connectivity index (χ0) is 69.1. The van der Waals surface area contributed by atoms with Gasteiger partial charge in [0.2, 0.25) is 0 Å². The molecule has 0 saturated carbocycles. The first-order valence-electron chi connectivity index (χ1n) is 40.7. The molecule has 6 aromatic rings. The number of rotatable bonds is 48. The number of unbranched alkanes of at least 4 members (excludes halogenated alkanes) is 36. The first-order valence-corrected chi connectivity index (χ1v) is 45.7. The summed E-state index contributed by atoms with van der Waals surface area (Å²) >= 11 is 15.0. The second-order valence-corrected chi connectivity index (χ2v) is 36.0. The van der Waals surface area contributed by atoms with Crippen LogP contribution in [-0.2, 0) is 65.8 Å². The Morgan fingerprint density at radius 2 is 0.505 bits per heavy atom. The molecule has 0 unspecified atom stereocenters. The number of fused-ring (bicyclic) bond motifs is 4. The topological polar surface area (TPSA) is 83.1 Å². The first-order chi connectivity index (χ1) is 48.8. The van der Waals surface area contributed by atoms with Gasteiger partial charge in [0, 0.05) is 101 Å². The molecule has 5 aliphatic heterocycles. The molecule has 0 spiro atoms. The highest BCUT2D eigenvalue weighted by atomic mass is 79.9. The van der Waals surface area contributed by atoms with E-state index in [1.165, 1.54) is 307 Å². The van der Waals surface area contributed by atoms with Crippen molar-refractivity contribution in [2.75, 3.05) is 66.1 Å². The highest BCUT2D eigenvalue weighted by Gasteiger charge is 2.49. The normalized spacial score (nSPS) is 17.8. The van der Waals surface area contributed by atoms with Gasteiger partial charge in [0.15, 0.2) is 23.1 Å². The molecule has 5 saturated heterocycles. The molecule has 2 aromatic carbocycles. The fourth-order valence-electron chi connectivity index (χ4n) is 16.2. The molecule has 0 aliphatic carbocycles. The van der Waals surface area contributed by atoms with Crippen LogP contribution in [0.15, 0.2) is 42.6 Å². The van der Waals surface area contributed by atoms with E-state index < -0.39 is 23.1 Å². The predicted octanol–water partition coefficient (Wildman–Crippen LogP) is 28.6. The number of hydrogen-bond acceptors (Lipinski definition) is 13. The van der Waals surface area contributed by atoms with E-state index in [1.807, 2.05) is 22.7 Å². The van der Waals surface area contributed by atoms with Gasteiger partial charge >= 0.3 is 0 Å². The highest BCUT2D eigenvalue weighted by molar-refractivity contribution is 9.11. The molecule has 558 valence electrons. The monoisotopic (exact) mass is 1570 g/mol. The third-order valence-electron chi connectivity index (χ3n) is 21.5. The fraction of sp³-hybridized carbons (Fsp3) is 0.762. The van der Waals surface area contributed by atoms with Gasteiger partial charge in [0.25, 0.3) is 0 Å². The predicted molar refractivity (Wildman–Crippen MR) is 430 cm³/mol. The van der Waals surface area contributed by atoms with Crippen LogP contribution in [0, 0.1) is 0 Å². The van der Waals surface area contributed by atoms with E-state index in [4.69, 9.17) is 42.6 Å². The number of halogens is 2. The van der Waals surface area contributed by atoms with Gasteiger partial charge in [-0.05, 0) is 105 Å². The molecule has 0 amide bonds. The van der Waals surface area contributed by atoms with Gasteiger partial charge in [0.05, 0.1) is 60.4 Å². The molecule has 0 radical (unpaired) electrons. The largest absolute Gasteiger partial charge is 0.381 e. The summed E-state index contributed by atoms with van der Waals surface area (Å²) in [6.45, 7) is 16.3. The van der Waals surface area contributed by atoms with E-state index >= 15 is 0 Å². The smallest absolute Gasteiger partial charge is 0.197 e. The van der Waals surface area contributed by atoms with Crippen LogP contribution in [-0.4, -0.2) is 66.1 Å². The summed E-state index contributed by atoms with van der Waals surface area (Å²) in [4.78, 5) is 0. The Morgan fingerprint density at radius 3 is 0.727 bits per heavy atom. The Kier molecular flexibility index (Phi) is 37.7. The highest BCUT2D eigenvalue weighted by Crippen LogP contribution is 2.57. The number of thiophene rings is 4. The molecule has 9 nitrogen and oxygen atoms in total. The molecule has 5 aliphatic rings. The Bertz CT molecular complexity index is 2830. The summed E-state index contributed by atoms with van der Waals surface area (Å²) in [6, 6.07) is 9.18. The molecule has 0 N–H and O–H groups in total. The average molecular weight is 1570 g/mol. The molecular weight excluding hydrogens is 1440 g/mol. The van der Waals surface area contributed by atoms with E-state index in [2.05, 4.69) is 94.6 Å². The lowest BCUT2D eigenvalue weighted by molar-refractivity contribution is -0.171. The molecule has 5 fully saturated rings. The Balaban J connectivity index is 0.000000216. The minimum Gasteiger partial charge on any atom is -0.381 e. The Morgan fingerprint density at radius 1 is 0.283 bits per heavy atom. The summed E-state index contributed by atoms with van der Waals surface area (Å²) in [7, 11) is 0. The standard InChI is InChI=1S/C40H60Br2O4S2.C40H62O4S2.C4H8O/c1-3-5-7-9-11-13-15-17-19-21-23-39(43-25-26-44-39)35-31-29-33(41)48-38(31)36(32-30-34(42)47-37(32)35)40(45-27-28-46-40)24-22-20-18-16-14-12-10-8-6-4-2;1-3-5-7-9-11-13-15-17-19-21-25-39(41-27-28-42-39)35-33-23-31-46-38(33)36(34-24-32-45-37(34)35)40(43-29-30-44-40)26-22-20-18-16-14-12-10-8-6-4-2;1-2-4-5-3-1/h29-30H,3-28H2,1-2H3;23-24,31-32H,3-22,25-30H2,1-2H3;1-4H2. The third-order valence-corrected chi connectivity index (χ3v) is 26.7. The van der Waals surface area contributed by atoms with Crippen molar-refractivity contribution in [1.82, 2.24) is 0 Å². The van der Waals surface area contributed by atoms with E-state index in [9.17, 15) is 0 Å². The average Bonchev–Trinajstić information content (AvgIpc) is 1.51. The van der Waals surface area contributed by atoms with Crippen LogP contribution in [0.25, 0.3) is 40.3 Å². The molecule has 99 heavy (non-hydrogen) atoms. The van der Waals surface area contributed by atoms with Gasteiger partial charge in [0.1, 0.15) is 0 Å². The second kappa shape index (κ2) is 45.5. The maximum atomic E-state index is 6.67. The third kappa shape index (κ3) is 23.7. The fourth-order valence-corrected chi connectivity index (χ4v) is 21.7. The van der Waals surface area contributed by atoms with Crippen LogP contribution >= 0.6 is 77.2 Å². The molecule has 0 bridgehead atoms. The van der Waals surface area contributed by atoms with Crippen molar-refractivity contribution < 1.29 is 42.6 Å². The van der Waals surface area contributed by atoms with E-state index in [0.717, 1.165) is 72.2 Å². The Labute approximate surface area is 632 Å². The quantitative estimate of drug-likeness (QED) is 0.0347. The molecule has 11 rings (SSSR count). The zero-order valence-electron chi connectivity index (χ0n) is 62.1. The van der Waals surface area contributed by atoms with Crippen molar-refractivity contribution in [3.63, 3.8) is 0 Å². The summed E-state index contributed by atoms with van der Waals surface area (Å²) in [5.41, 5.74) is 4.90. The number of ether oxygens (including phenoxy) is 9. The van der Waals surface area contributed by atoms with Gasteiger partial charge in [-0.15, -0.1) is 45.3 Å². The summed E-state index contributed by atoms with van der Waals surface area (Å²) in [6.07, 6.45) is 59.1. The van der Waals surface area contributed by atoms with Crippen LogP contribution in [0.1, 0.15) is 345 Å². The van der Waals surface area contributed by atoms with Crippen molar-refractivity contribution in [1.29, 1.82) is 0 Å². The van der Waals surface area contributed by atoms with Crippen LogP contribution in [0.3, 0.4) is 0 Å². The van der Waals surface area contributed by atoms with Gasteiger partial charge < -0.3 is 42.6 Å².